The topological polar surface area (TPSA) is 107 Å². The van der Waals surface area contributed by atoms with Crippen molar-refractivity contribution in [1.29, 1.82) is 0 Å². The summed E-state index contributed by atoms with van der Waals surface area (Å²) in [4.78, 5) is 37.8. The molecule has 0 aliphatic rings. The maximum absolute atomic E-state index is 12.9. The predicted octanol–water partition coefficient (Wildman–Crippen LogP) is 9.57. The number of rotatable bonds is 14. The highest BCUT2D eigenvalue weighted by Gasteiger charge is 2.24. The van der Waals surface area contributed by atoms with Crippen molar-refractivity contribution in [2.45, 2.75) is 52.4 Å². The minimum atomic E-state index is -0.548. The van der Waals surface area contributed by atoms with Crippen LogP contribution < -0.4 is 15.2 Å². The monoisotopic (exact) mass is 696 g/mol. The number of nitrogens with zero attached hydrogens (tertiary/aromatic N) is 1. The highest BCUT2D eigenvalue weighted by molar-refractivity contribution is 6.11. The number of anilines is 2. The van der Waals surface area contributed by atoms with Crippen molar-refractivity contribution in [2.24, 2.45) is 0 Å². The van der Waals surface area contributed by atoms with Crippen LogP contribution in [0.1, 0.15) is 43.7 Å². The Labute approximate surface area is 303 Å². The fraction of sp³-hybridized carbons (Fsp3) is 0.209. The van der Waals surface area contributed by atoms with Crippen LogP contribution in [0.25, 0.3) is 32.9 Å². The van der Waals surface area contributed by atoms with E-state index in [2.05, 4.69) is 27.3 Å². The summed E-state index contributed by atoms with van der Waals surface area (Å²) < 4.78 is 18.4. The summed E-state index contributed by atoms with van der Waals surface area (Å²) in [7, 11) is 0. The lowest BCUT2D eigenvalue weighted by molar-refractivity contribution is -0.659. The second kappa shape index (κ2) is 17.6. The molecule has 6 rings (SSSR count). The van der Waals surface area contributed by atoms with Crippen molar-refractivity contribution < 1.29 is 33.2 Å². The molecule has 0 saturated carbocycles. The van der Waals surface area contributed by atoms with E-state index in [1.807, 2.05) is 122 Å². The van der Waals surface area contributed by atoms with E-state index in [9.17, 15) is 14.4 Å². The van der Waals surface area contributed by atoms with Gasteiger partial charge in [0, 0.05) is 35.5 Å². The zero-order valence-electron chi connectivity index (χ0n) is 29.2. The fourth-order valence-corrected chi connectivity index (χ4v) is 6.22. The number of hydrogen-bond acceptors (Lipinski definition) is 6. The van der Waals surface area contributed by atoms with Gasteiger partial charge in [-0.05, 0) is 67.3 Å². The van der Waals surface area contributed by atoms with Gasteiger partial charge >= 0.3 is 18.2 Å². The number of nitrogens with one attached hydrogen (secondary N) is 2. The van der Waals surface area contributed by atoms with Crippen molar-refractivity contribution in [1.82, 2.24) is 0 Å². The predicted molar refractivity (Wildman–Crippen MR) is 203 cm³/mol. The molecule has 52 heavy (non-hydrogen) atoms. The zero-order chi connectivity index (χ0) is 36.1. The van der Waals surface area contributed by atoms with E-state index < -0.39 is 12.2 Å². The average molecular weight is 697 g/mol. The molecule has 1 heterocycles. The molecule has 0 fully saturated rings. The molecule has 0 spiro atoms. The van der Waals surface area contributed by atoms with Crippen LogP contribution in [-0.2, 0) is 38.8 Å². The Morgan fingerprint density at radius 2 is 1.13 bits per heavy atom. The van der Waals surface area contributed by atoms with Crippen molar-refractivity contribution >= 4 is 51.2 Å². The number of pyridine rings is 1. The van der Waals surface area contributed by atoms with Gasteiger partial charge in [-0.3, -0.25) is 15.4 Å². The lowest BCUT2D eigenvalue weighted by atomic mass is 9.97. The second-order valence-electron chi connectivity index (χ2n) is 12.3. The van der Waals surface area contributed by atoms with Crippen LogP contribution in [0.4, 0.5) is 21.0 Å². The number of unbranched alkanes of at least 4 members (excludes halogenated alkanes) is 2. The molecule has 1 aromatic heterocycles. The van der Waals surface area contributed by atoms with Crippen molar-refractivity contribution in [2.75, 3.05) is 17.2 Å². The third-order valence-electron chi connectivity index (χ3n) is 8.66. The van der Waals surface area contributed by atoms with E-state index in [0.29, 0.717) is 37.4 Å². The Kier molecular flexibility index (Phi) is 12.1. The fourth-order valence-electron chi connectivity index (χ4n) is 6.22. The standard InChI is InChI=1S/C43H41N3O6/c1-2-50-40(47)21-13-6-14-26-46-39-28-35(45-43(49)52-30-32-17-9-4-10-18-32)23-25-37(39)36-24-22-34(27-38(36)41(46)33-19-11-5-12-20-33)44-42(48)51-29-31-15-7-3-8-16-31/h3-5,7-12,15-20,22-25,27-28H,2,6,13-14,21,26,29-30H2,1H3,(H,44,48)/p+1. The van der Waals surface area contributed by atoms with E-state index in [1.54, 1.807) is 0 Å². The Bertz CT molecular complexity index is 2140. The number of fused-ring (bicyclic) bond motifs is 3. The van der Waals surface area contributed by atoms with Gasteiger partial charge < -0.3 is 14.2 Å². The highest BCUT2D eigenvalue weighted by Crippen LogP contribution is 2.34. The van der Waals surface area contributed by atoms with Gasteiger partial charge in [0.25, 0.3) is 0 Å². The first-order chi connectivity index (χ1) is 25.5. The van der Waals surface area contributed by atoms with E-state index >= 15 is 0 Å². The molecule has 2 N–H and O–H groups in total. The van der Waals surface area contributed by atoms with E-state index in [4.69, 9.17) is 14.2 Å². The van der Waals surface area contributed by atoms with Gasteiger partial charge in [-0.2, -0.15) is 4.57 Å². The van der Waals surface area contributed by atoms with Crippen molar-refractivity contribution in [3.63, 3.8) is 0 Å². The number of aromatic nitrogens is 1. The van der Waals surface area contributed by atoms with Crippen LogP contribution in [0.3, 0.4) is 0 Å². The minimum Gasteiger partial charge on any atom is -0.466 e. The lowest BCUT2D eigenvalue weighted by Gasteiger charge is -2.15. The third-order valence-corrected chi connectivity index (χ3v) is 8.66. The van der Waals surface area contributed by atoms with Crippen LogP contribution in [0.15, 0.2) is 127 Å². The summed E-state index contributed by atoms with van der Waals surface area (Å²) in [6.07, 6.45) is 1.60. The first kappa shape index (κ1) is 35.6. The summed E-state index contributed by atoms with van der Waals surface area (Å²) in [6.45, 7) is 3.14. The molecule has 0 bridgehead atoms. The molecule has 9 heteroatoms. The minimum absolute atomic E-state index is 0.158. The number of hydrogen-bond donors (Lipinski definition) is 2. The smallest absolute Gasteiger partial charge is 0.411 e. The van der Waals surface area contributed by atoms with Crippen LogP contribution in [0, 0.1) is 0 Å². The summed E-state index contributed by atoms with van der Waals surface area (Å²) in [5.41, 5.74) is 5.86. The highest BCUT2D eigenvalue weighted by atomic mass is 16.6. The first-order valence-corrected chi connectivity index (χ1v) is 17.6. The summed E-state index contributed by atoms with van der Waals surface area (Å²) in [6, 6.07) is 40.9. The lowest BCUT2D eigenvalue weighted by Crippen LogP contribution is -2.38. The van der Waals surface area contributed by atoms with E-state index in [-0.39, 0.29) is 19.2 Å². The Balaban J connectivity index is 1.35. The molecule has 0 unspecified atom stereocenters. The van der Waals surface area contributed by atoms with Gasteiger partial charge in [-0.25, -0.2) is 9.59 Å². The quantitative estimate of drug-likeness (QED) is 0.0386. The number of carbonyl (C=O) groups is 3. The van der Waals surface area contributed by atoms with Gasteiger partial charge in [0.2, 0.25) is 11.2 Å². The molecule has 9 nitrogen and oxygen atoms in total. The zero-order valence-corrected chi connectivity index (χ0v) is 29.2. The van der Waals surface area contributed by atoms with Crippen LogP contribution in [0.5, 0.6) is 0 Å². The van der Waals surface area contributed by atoms with Crippen LogP contribution in [0.2, 0.25) is 0 Å². The summed E-state index contributed by atoms with van der Waals surface area (Å²) in [5.74, 6) is -0.187. The van der Waals surface area contributed by atoms with Crippen molar-refractivity contribution in [3.8, 4) is 11.3 Å². The average Bonchev–Trinajstić information content (AvgIpc) is 3.17. The van der Waals surface area contributed by atoms with Crippen molar-refractivity contribution in [3.05, 3.63) is 139 Å². The maximum atomic E-state index is 12.9. The van der Waals surface area contributed by atoms with Crippen LogP contribution in [-0.4, -0.2) is 24.8 Å². The number of ether oxygens (including phenoxy) is 3. The van der Waals surface area contributed by atoms with Gasteiger partial charge in [0.05, 0.1) is 23.1 Å². The first-order valence-electron chi connectivity index (χ1n) is 17.6. The number of amides is 2. The number of aryl methyl sites for hydroxylation is 1. The maximum Gasteiger partial charge on any atom is 0.411 e. The van der Waals surface area contributed by atoms with E-state index in [1.165, 1.54) is 0 Å². The van der Waals surface area contributed by atoms with Crippen LogP contribution >= 0.6 is 0 Å². The number of benzene rings is 5. The van der Waals surface area contributed by atoms with Gasteiger partial charge in [-0.1, -0.05) is 84.9 Å². The van der Waals surface area contributed by atoms with Gasteiger partial charge in [-0.15, -0.1) is 0 Å². The molecule has 0 radical (unpaired) electrons. The molecular formula is C43H42N3O6+. The summed E-state index contributed by atoms with van der Waals surface area (Å²) >= 11 is 0. The molecule has 264 valence electrons. The summed E-state index contributed by atoms with van der Waals surface area (Å²) in [5, 5.41) is 8.71. The molecule has 0 saturated heterocycles. The second-order valence-corrected chi connectivity index (χ2v) is 12.3. The Morgan fingerprint density at radius 1 is 0.577 bits per heavy atom. The molecular weight excluding hydrogens is 654 g/mol. The molecule has 6 aromatic rings. The molecule has 2 amide bonds. The Hall–Kier alpha value is -6.22. The largest absolute Gasteiger partial charge is 0.466 e. The SMILES string of the molecule is CCOC(=O)CCCCC[n+]1c(-c2ccccc2)c2cc(NC(=O)OCc3ccccc3)ccc2c2ccc(NC(=O)OCc3ccccc3)cc21. The molecule has 0 aliphatic carbocycles. The third kappa shape index (κ3) is 9.31. The molecule has 0 atom stereocenters. The van der Waals surface area contributed by atoms with E-state index in [0.717, 1.165) is 56.9 Å². The number of carbonyl (C=O) groups excluding carboxylic acids is 3. The van der Waals surface area contributed by atoms with Gasteiger partial charge in [0.1, 0.15) is 19.8 Å². The molecule has 5 aromatic carbocycles. The normalized spacial score (nSPS) is 10.9. The molecule has 0 aliphatic heterocycles. The number of esters is 1. The van der Waals surface area contributed by atoms with Gasteiger partial charge in [0.15, 0.2) is 0 Å². The Morgan fingerprint density at radius 3 is 1.73 bits per heavy atom.